The summed E-state index contributed by atoms with van der Waals surface area (Å²) in [6.07, 6.45) is 0.231. The Balaban J connectivity index is 1.64. The Morgan fingerprint density at radius 3 is 2.50 bits per heavy atom. The van der Waals surface area contributed by atoms with E-state index in [0.29, 0.717) is 0 Å². The normalized spacial score (nSPS) is 10.4. The van der Waals surface area contributed by atoms with E-state index in [1.807, 2.05) is 60.8 Å². The zero-order valence-corrected chi connectivity index (χ0v) is 15.4. The molecule has 2 N–H and O–H groups in total. The highest BCUT2D eigenvalue weighted by molar-refractivity contribution is 7.13. The molecule has 2 amide bonds. The second-order valence-corrected chi connectivity index (χ2v) is 6.86. The largest absolute Gasteiger partial charge is 0.326 e. The van der Waals surface area contributed by atoms with Crippen LogP contribution < -0.4 is 10.6 Å². The predicted molar refractivity (Wildman–Crippen MR) is 105 cm³/mol. The first-order valence-electron chi connectivity index (χ1n) is 8.18. The molecule has 0 saturated heterocycles. The fourth-order valence-corrected chi connectivity index (χ4v) is 3.34. The molecule has 1 heterocycles. The van der Waals surface area contributed by atoms with Crippen molar-refractivity contribution in [2.75, 3.05) is 10.6 Å². The number of anilines is 2. The molecule has 132 valence electrons. The Morgan fingerprint density at radius 1 is 1.04 bits per heavy atom. The number of nitrogens with one attached hydrogen (secondary N) is 2. The van der Waals surface area contributed by atoms with E-state index < -0.39 is 0 Å². The van der Waals surface area contributed by atoms with Gasteiger partial charge in [-0.1, -0.05) is 12.1 Å². The molecular weight excluding hydrogens is 346 g/mol. The lowest BCUT2D eigenvalue weighted by Crippen LogP contribution is -2.14. The van der Waals surface area contributed by atoms with E-state index >= 15 is 0 Å². The number of nitrogens with zero attached hydrogens (tertiary/aromatic N) is 1. The highest BCUT2D eigenvalue weighted by atomic mass is 32.1. The molecule has 3 rings (SSSR count). The molecule has 0 bridgehead atoms. The van der Waals surface area contributed by atoms with Crippen molar-refractivity contribution in [2.24, 2.45) is 0 Å². The van der Waals surface area contributed by atoms with E-state index in [-0.39, 0.29) is 18.2 Å². The average molecular weight is 365 g/mol. The van der Waals surface area contributed by atoms with Gasteiger partial charge in [0.1, 0.15) is 5.01 Å². The number of hydrogen-bond donors (Lipinski definition) is 2. The van der Waals surface area contributed by atoms with Gasteiger partial charge in [0.2, 0.25) is 11.8 Å². The molecule has 2 aromatic carbocycles. The van der Waals surface area contributed by atoms with Crippen LogP contribution >= 0.6 is 11.3 Å². The van der Waals surface area contributed by atoms with E-state index in [1.165, 1.54) is 18.3 Å². The number of hydrogen-bond acceptors (Lipinski definition) is 4. The van der Waals surface area contributed by atoms with E-state index in [2.05, 4.69) is 15.6 Å². The van der Waals surface area contributed by atoms with Crippen LogP contribution in [0.1, 0.15) is 18.2 Å². The van der Waals surface area contributed by atoms with Gasteiger partial charge in [-0.15, -0.1) is 11.3 Å². The molecule has 0 atom stereocenters. The number of carbonyl (C=O) groups excluding carboxylic acids is 2. The molecule has 0 aliphatic heterocycles. The number of thiazole rings is 1. The van der Waals surface area contributed by atoms with Gasteiger partial charge in [0.05, 0.1) is 12.1 Å². The van der Waals surface area contributed by atoms with Crippen LogP contribution in [0.2, 0.25) is 0 Å². The SMILES string of the molecule is CC(=O)Nc1ccc(-c2nc(CC(=O)Nc3cccc(C)c3)cs2)cc1. The van der Waals surface area contributed by atoms with Gasteiger partial charge < -0.3 is 10.6 Å². The molecule has 0 spiro atoms. The maximum Gasteiger partial charge on any atom is 0.230 e. The van der Waals surface area contributed by atoms with Gasteiger partial charge in [0.25, 0.3) is 0 Å². The first kappa shape index (κ1) is 17.8. The number of carbonyl (C=O) groups is 2. The minimum Gasteiger partial charge on any atom is -0.326 e. The monoisotopic (exact) mass is 365 g/mol. The van der Waals surface area contributed by atoms with Gasteiger partial charge in [-0.3, -0.25) is 9.59 Å². The summed E-state index contributed by atoms with van der Waals surface area (Å²) in [5.41, 5.74) is 4.33. The van der Waals surface area contributed by atoms with Crippen molar-refractivity contribution >= 4 is 34.5 Å². The summed E-state index contributed by atoms with van der Waals surface area (Å²) in [6, 6.07) is 15.2. The minimum atomic E-state index is -0.103. The minimum absolute atomic E-state index is 0.0894. The van der Waals surface area contributed by atoms with Crippen molar-refractivity contribution in [3.63, 3.8) is 0 Å². The molecule has 0 radical (unpaired) electrons. The van der Waals surface area contributed by atoms with E-state index in [1.54, 1.807) is 0 Å². The zero-order chi connectivity index (χ0) is 18.5. The number of amides is 2. The maximum absolute atomic E-state index is 12.2. The van der Waals surface area contributed by atoms with Crippen LogP contribution in [0.5, 0.6) is 0 Å². The molecule has 0 saturated carbocycles. The fraction of sp³-hybridized carbons (Fsp3) is 0.150. The van der Waals surface area contributed by atoms with Gasteiger partial charge in [0, 0.05) is 29.2 Å². The lowest BCUT2D eigenvalue weighted by molar-refractivity contribution is -0.116. The van der Waals surface area contributed by atoms with Crippen molar-refractivity contribution in [3.8, 4) is 10.6 Å². The van der Waals surface area contributed by atoms with E-state index in [4.69, 9.17) is 0 Å². The summed E-state index contributed by atoms with van der Waals surface area (Å²) in [5.74, 6) is -0.192. The van der Waals surface area contributed by atoms with Gasteiger partial charge >= 0.3 is 0 Å². The fourth-order valence-electron chi connectivity index (χ4n) is 2.51. The lowest BCUT2D eigenvalue weighted by Gasteiger charge is -2.04. The molecular formula is C20H19N3O2S. The molecule has 0 aliphatic carbocycles. The highest BCUT2D eigenvalue weighted by Gasteiger charge is 2.10. The second-order valence-electron chi connectivity index (χ2n) is 6.00. The molecule has 1 aromatic heterocycles. The first-order valence-corrected chi connectivity index (χ1v) is 9.06. The van der Waals surface area contributed by atoms with Crippen LogP contribution in [0.15, 0.2) is 53.9 Å². The summed E-state index contributed by atoms with van der Waals surface area (Å²) in [6.45, 7) is 3.46. The predicted octanol–water partition coefficient (Wildman–Crippen LogP) is 4.26. The molecule has 26 heavy (non-hydrogen) atoms. The number of aryl methyl sites for hydroxylation is 1. The summed E-state index contributed by atoms with van der Waals surface area (Å²) in [7, 11) is 0. The number of benzene rings is 2. The topological polar surface area (TPSA) is 71.1 Å². The van der Waals surface area contributed by atoms with Crippen LogP contribution in [0, 0.1) is 6.92 Å². The van der Waals surface area contributed by atoms with Crippen molar-refractivity contribution in [1.82, 2.24) is 4.98 Å². The average Bonchev–Trinajstić information content (AvgIpc) is 3.03. The van der Waals surface area contributed by atoms with Crippen molar-refractivity contribution < 1.29 is 9.59 Å². The summed E-state index contributed by atoms with van der Waals surface area (Å²) >= 11 is 1.49. The Hall–Kier alpha value is -2.99. The van der Waals surface area contributed by atoms with E-state index in [0.717, 1.165) is 33.2 Å². The van der Waals surface area contributed by atoms with Gasteiger partial charge in [-0.2, -0.15) is 0 Å². The molecule has 0 fully saturated rings. The third-order valence-corrected chi connectivity index (χ3v) is 4.59. The van der Waals surface area contributed by atoms with Crippen molar-refractivity contribution in [3.05, 3.63) is 65.2 Å². The van der Waals surface area contributed by atoms with Crippen LogP contribution in [-0.2, 0) is 16.0 Å². The maximum atomic E-state index is 12.2. The molecule has 6 heteroatoms. The zero-order valence-electron chi connectivity index (χ0n) is 14.6. The standard InChI is InChI=1S/C20H19N3O2S/c1-13-4-3-5-17(10-13)22-19(25)11-18-12-26-20(23-18)15-6-8-16(9-7-15)21-14(2)24/h3-10,12H,11H2,1-2H3,(H,21,24)(H,22,25). The summed E-state index contributed by atoms with van der Waals surface area (Å²) in [5, 5.41) is 8.37. The smallest absolute Gasteiger partial charge is 0.230 e. The number of aromatic nitrogens is 1. The second kappa shape index (κ2) is 7.93. The Labute approximate surface area is 156 Å². The van der Waals surface area contributed by atoms with Crippen LogP contribution in [0.25, 0.3) is 10.6 Å². The summed E-state index contributed by atoms with van der Waals surface area (Å²) < 4.78 is 0. The molecule has 5 nitrogen and oxygen atoms in total. The van der Waals surface area contributed by atoms with Crippen molar-refractivity contribution in [1.29, 1.82) is 0 Å². The summed E-state index contributed by atoms with van der Waals surface area (Å²) in [4.78, 5) is 27.8. The van der Waals surface area contributed by atoms with Crippen LogP contribution in [0.4, 0.5) is 11.4 Å². The Kier molecular flexibility index (Phi) is 5.43. The first-order chi connectivity index (χ1) is 12.5. The third kappa shape index (κ3) is 4.77. The van der Waals surface area contributed by atoms with Crippen LogP contribution in [-0.4, -0.2) is 16.8 Å². The molecule has 0 unspecified atom stereocenters. The highest BCUT2D eigenvalue weighted by Crippen LogP contribution is 2.25. The van der Waals surface area contributed by atoms with E-state index in [9.17, 15) is 9.59 Å². The van der Waals surface area contributed by atoms with Gasteiger partial charge in [-0.25, -0.2) is 4.98 Å². The van der Waals surface area contributed by atoms with Crippen LogP contribution in [0.3, 0.4) is 0 Å². The third-order valence-electron chi connectivity index (χ3n) is 3.65. The quantitative estimate of drug-likeness (QED) is 0.710. The Bertz CT molecular complexity index is 932. The van der Waals surface area contributed by atoms with Gasteiger partial charge in [0.15, 0.2) is 0 Å². The molecule has 3 aromatic rings. The molecule has 0 aliphatic rings. The Morgan fingerprint density at radius 2 is 1.81 bits per heavy atom. The van der Waals surface area contributed by atoms with Crippen molar-refractivity contribution in [2.45, 2.75) is 20.3 Å². The van der Waals surface area contributed by atoms with Gasteiger partial charge in [-0.05, 0) is 48.9 Å². The lowest BCUT2D eigenvalue weighted by atomic mass is 10.2. The number of rotatable bonds is 5.